The zero-order valence-electron chi connectivity index (χ0n) is 6.60. The van der Waals surface area contributed by atoms with E-state index >= 15 is 0 Å². The average Bonchev–Trinajstić information content (AvgIpc) is 2.30. The summed E-state index contributed by atoms with van der Waals surface area (Å²) < 4.78 is 12.3. The molecule has 0 aliphatic carbocycles. The lowest BCUT2D eigenvalue weighted by Gasteiger charge is -2.20. The van der Waals surface area contributed by atoms with Gasteiger partial charge in [0.1, 0.15) is 6.67 Å². The highest BCUT2D eigenvalue weighted by Gasteiger charge is 2.29. The number of likely N-dealkylation sites (N-methyl/N-ethyl adjacent to an activating group) is 2. The van der Waals surface area contributed by atoms with Crippen molar-refractivity contribution in [1.82, 2.24) is 10.2 Å². The van der Waals surface area contributed by atoms with E-state index in [0.717, 1.165) is 13.0 Å². The molecular formula is C7H15FN2. The molecule has 1 fully saturated rings. The molecule has 3 heteroatoms. The molecule has 1 heterocycles. The van der Waals surface area contributed by atoms with E-state index in [-0.39, 0.29) is 12.7 Å². The fraction of sp³-hybridized carbons (Fsp3) is 1.00. The fourth-order valence-corrected chi connectivity index (χ4v) is 1.57. The Morgan fingerprint density at radius 1 is 1.70 bits per heavy atom. The Morgan fingerprint density at radius 3 is 2.80 bits per heavy atom. The van der Waals surface area contributed by atoms with E-state index < -0.39 is 0 Å². The molecule has 1 aliphatic rings. The highest BCUT2D eigenvalue weighted by molar-refractivity contribution is 4.88. The Labute approximate surface area is 61.4 Å². The van der Waals surface area contributed by atoms with Crippen LogP contribution in [0.5, 0.6) is 0 Å². The average molecular weight is 146 g/mol. The summed E-state index contributed by atoms with van der Waals surface area (Å²) in [6.45, 7) is 0.780. The topological polar surface area (TPSA) is 15.3 Å². The quantitative estimate of drug-likeness (QED) is 0.600. The molecule has 60 valence electrons. The van der Waals surface area contributed by atoms with Crippen molar-refractivity contribution < 1.29 is 4.39 Å². The zero-order chi connectivity index (χ0) is 7.56. The van der Waals surface area contributed by atoms with Crippen molar-refractivity contribution in [2.24, 2.45) is 0 Å². The first-order valence-corrected chi connectivity index (χ1v) is 3.73. The van der Waals surface area contributed by atoms with Crippen LogP contribution in [-0.4, -0.2) is 44.3 Å². The van der Waals surface area contributed by atoms with E-state index in [9.17, 15) is 4.39 Å². The third-order valence-corrected chi connectivity index (χ3v) is 2.35. The maximum Gasteiger partial charge on any atom is 0.106 e. The standard InChI is InChI=1S/C7H15FN2/c1-9-6-3-4-10(2)7(6)5-8/h6-7,9H,3-5H2,1-2H3. The van der Waals surface area contributed by atoms with Gasteiger partial charge in [0.25, 0.3) is 0 Å². The Kier molecular flexibility index (Phi) is 2.63. The highest BCUT2D eigenvalue weighted by Crippen LogP contribution is 2.15. The smallest absolute Gasteiger partial charge is 0.106 e. The summed E-state index contributed by atoms with van der Waals surface area (Å²) in [6, 6.07) is 0.458. The number of hydrogen-bond acceptors (Lipinski definition) is 2. The van der Waals surface area contributed by atoms with Crippen LogP contribution in [0.2, 0.25) is 0 Å². The predicted molar refractivity (Wildman–Crippen MR) is 39.9 cm³/mol. The summed E-state index contributed by atoms with van der Waals surface area (Å²) in [5, 5.41) is 3.11. The number of likely N-dealkylation sites (tertiary alicyclic amines) is 1. The van der Waals surface area contributed by atoms with Gasteiger partial charge in [0.15, 0.2) is 0 Å². The summed E-state index contributed by atoms with van der Waals surface area (Å²) in [5.74, 6) is 0. The predicted octanol–water partition coefficient (Wildman–Crippen LogP) is 0.248. The van der Waals surface area contributed by atoms with Gasteiger partial charge in [0.2, 0.25) is 0 Å². The van der Waals surface area contributed by atoms with E-state index in [2.05, 4.69) is 10.2 Å². The van der Waals surface area contributed by atoms with Gasteiger partial charge in [-0.1, -0.05) is 0 Å². The molecule has 2 atom stereocenters. The molecule has 1 aliphatic heterocycles. The van der Waals surface area contributed by atoms with Gasteiger partial charge >= 0.3 is 0 Å². The lowest BCUT2D eigenvalue weighted by molar-refractivity contribution is 0.234. The van der Waals surface area contributed by atoms with E-state index in [1.54, 1.807) is 0 Å². The molecule has 0 saturated carbocycles. The first-order valence-electron chi connectivity index (χ1n) is 3.73. The van der Waals surface area contributed by atoms with Gasteiger partial charge in [-0.15, -0.1) is 0 Å². The number of nitrogens with zero attached hydrogens (tertiary/aromatic N) is 1. The molecule has 2 unspecified atom stereocenters. The summed E-state index contributed by atoms with van der Waals surface area (Å²) in [5.41, 5.74) is 0. The van der Waals surface area contributed by atoms with Crippen LogP contribution in [0.15, 0.2) is 0 Å². The first kappa shape index (κ1) is 7.95. The van der Waals surface area contributed by atoms with Crippen molar-refractivity contribution in [1.29, 1.82) is 0 Å². The molecule has 0 radical (unpaired) electrons. The zero-order valence-corrected chi connectivity index (χ0v) is 6.60. The van der Waals surface area contributed by atoms with Gasteiger partial charge in [0, 0.05) is 6.04 Å². The minimum atomic E-state index is -0.234. The molecule has 0 aromatic rings. The second-order valence-corrected chi connectivity index (χ2v) is 2.89. The molecule has 0 aromatic heterocycles. The lowest BCUT2D eigenvalue weighted by Crippen LogP contribution is -2.40. The lowest BCUT2D eigenvalue weighted by atomic mass is 10.1. The van der Waals surface area contributed by atoms with Gasteiger partial charge in [-0.3, -0.25) is 4.90 Å². The van der Waals surface area contributed by atoms with Crippen LogP contribution in [0.1, 0.15) is 6.42 Å². The monoisotopic (exact) mass is 146 g/mol. The van der Waals surface area contributed by atoms with Crippen molar-refractivity contribution in [3.05, 3.63) is 0 Å². The third-order valence-electron chi connectivity index (χ3n) is 2.35. The van der Waals surface area contributed by atoms with Gasteiger partial charge in [-0.05, 0) is 27.1 Å². The highest BCUT2D eigenvalue weighted by atomic mass is 19.1. The second-order valence-electron chi connectivity index (χ2n) is 2.89. The number of alkyl halides is 1. The van der Waals surface area contributed by atoms with Gasteiger partial charge < -0.3 is 5.32 Å². The van der Waals surface area contributed by atoms with Crippen molar-refractivity contribution in [3.8, 4) is 0 Å². The Balaban J connectivity index is 2.45. The molecular weight excluding hydrogens is 131 g/mol. The normalized spacial score (nSPS) is 35.1. The maximum absolute atomic E-state index is 12.3. The third kappa shape index (κ3) is 1.30. The molecule has 0 spiro atoms. The SMILES string of the molecule is CNC1CCN(C)C1CF. The van der Waals surface area contributed by atoms with Gasteiger partial charge in [-0.2, -0.15) is 0 Å². The molecule has 0 amide bonds. The van der Waals surface area contributed by atoms with Crippen LogP contribution < -0.4 is 5.32 Å². The molecule has 2 nitrogen and oxygen atoms in total. The Hall–Kier alpha value is -0.150. The van der Waals surface area contributed by atoms with E-state index in [1.165, 1.54) is 0 Å². The number of rotatable bonds is 2. The summed E-state index contributed by atoms with van der Waals surface area (Å²) in [4.78, 5) is 2.07. The second kappa shape index (κ2) is 3.30. The largest absolute Gasteiger partial charge is 0.315 e. The maximum atomic E-state index is 12.3. The number of halogens is 1. The minimum Gasteiger partial charge on any atom is -0.315 e. The van der Waals surface area contributed by atoms with Crippen molar-refractivity contribution >= 4 is 0 Å². The summed E-state index contributed by atoms with van der Waals surface area (Å²) in [6.07, 6.45) is 1.07. The van der Waals surface area contributed by atoms with Crippen LogP contribution in [0.4, 0.5) is 4.39 Å². The van der Waals surface area contributed by atoms with Crippen LogP contribution in [0.3, 0.4) is 0 Å². The molecule has 0 bridgehead atoms. The molecule has 0 aromatic carbocycles. The minimum absolute atomic E-state index is 0.102. The molecule has 10 heavy (non-hydrogen) atoms. The van der Waals surface area contributed by atoms with Gasteiger partial charge in [0.05, 0.1) is 6.04 Å². The Morgan fingerprint density at radius 2 is 2.40 bits per heavy atom. The van der Waals surface area contributed by atoms with Crippen LogP contribution >= 0.6 is 0 Å². The van der Waals surface area contributed by atoms with Gasteiger partial charge in [-0.25, -0.2) is 4.39 Å². The van der Waals surface area contributed by atoms with Crippen LogP contribution in [0.25, 0.3) is 0 Å². The molecule has 1 saturated heterocycles. The van der Waals surface area contributed by atoms with E-state index in [0.29, 0.717) is 6.04 Å². The molecule has 1 rings (SSSR count). The Bertz CT molecular complexity index is 108. The van der Waals surface area contributed by atoms with Crippen molar-refractivity contribution in [3.63, 3.8) is 0 Å². The van der Waals surface area contributed by atoms with Crippen LogP contribution in [0, 0.1) is 0 Å². The van der Waals surface area contributed by atoms with Crippen LogP contribution in [-0.2, 0) is 0 Å². The summed E-state index contributed by atoms with van der Waals surface area (Å²) in [7, 11) is 3.87. The summed E-state index contributed by atoms with van der Waals surface area (Å²) >= 11 is 0. The first-order chi connectivity index (χ1) is 4.79. The van der Waals surface area contributed by atoms with E-state index in [1.807, 2.05) is 14.1 Å². The van der Waals surface area contributed by atoms with Crippen molar-refractivity contribution in [2.45, 2.75) is 18.5 Å². The fourth-order valence-electron chi connectivity index (χ4n) is 1.57. The number of nitrogens with one attached hydrogen (secondary N) is 1. The number of hydrogen-bond donors (Lipinski definition) is 1. The van der Waals surface area contributed by atoms with Crippen molar-refractivity contribution in [2.75, 3.05) is 27.3 Å². The molecule has 1 N–H and O–H groups in total. The van der Waals surface area contributed by atoms with E-state index in [4.69, 9.17) is 0 Å².